The SMILES string of the molecule is FCC(NC1CC1)c1ccccc1F. The van der Waals surface area contributed by atoms with Crippen molar-refractivity contribution in [2.75, 3.05) is 6.67 Å². The third kappa shape index (κ3) is 2.10. The first-order valence-corrected chi connectivity index (χ1v) is 4.87. The Hall–Kier alpha value is -0.960. The van der Waals surface area contributed by atoms with Crippen molar-refractivity contribution >= 4 is 0 Å². The summed E-state index contributed by atoms with van der Waals surface area (Å²) in [7, 11) is 0. The predicted molar refractivity (Wildman–Crippen MR) is 51.3 cm³/mol. The van der Waals surface area contributed by atoms with Crippen LogP contribution < -0.4 is 5.32 Å². The zero-order chi connectivity index (χ0) is 9.97. The Morgan fingerprint density at radius 3 is 2.64 bits per heavy atom. The lowest BCUT2D eigenvalue weighted by Crippen LogP contribution is -2.25. The van der Waals surface area contributed by atoms with E-state index < -0.39 is 12.7 Å². The van der Waals surface area contributed by atoms with E-state index in [-0.39, 0.29) is 5.82 Å². The standard InChI is InChI=1S/C11H13F2N/c12-7-11(14-8-5-6-8)9-3-1-2-4-10(9)13/h1-4,8,11,14H,5-7H2. The Labute approximate surface area is 82.1 Å². The van der Waals surface area contributed by atoms with Gasteiger partial charge in [-0.3, -0.25) is 0 Å². The van der Waals surface area contributed by atoms with Gasteiger partial charge in [-0.25, -0.2) is 8.78 Å². The van der Waals surface area contributed by atoms with Gasteiger partial charge in [0, 0.05) is 11.6 Å². The van der Waals surface area contributed by atoms with E-state index in [1.807, 2.05) is 0 Å². The summed E-state index contributed by atoms with van der Waals surface area (Å²) in [5.74, 6) is -0.330. The summed E-state index contributed by atoms with van der Waals surface area (Å²) in [4.78, 5) is 0. The predicted octanol–water partition coefficient (Wildman–Crippen LogP) is 2.59. The fourth-order valence-corrected chi connectivity index (χ4v) is 1.51. The first-order chi connectivity index (χ1) is 6.81. The van der Waals surface area contributed by atoms with E-state index in [0.717, 1.165) is 12.8 Å². The molecule has 1 saturated carbocycles. The quantitative estimate of drug-likeness (QED) is 0.782. The van der Waals surface area contributed by atoms with Crippen LogP contribution in [0.4, 0.5) is 8.78 Å². The fourth-order valence-electron chi connectivity index (χ4n) is 1.51. The van der Waals surface area contributed by atoms with E-state index in [4.69, 9.17) is 0 Å². The van der Waals surface area contributed by atoms with Crippen molar-refractivity contribution < 1.29 is 8.78 Å². The molecule has 1 aromatic carbocycles. The van der Waals surface area contributed by atoms with Crippen LogP contribution in [-0.4, -0.2) is 12.7 Å². The molecule has 1 nitrogen and oxygen atoms in total. The van der Waals surface area contributed by atoms with Crippen LogP contribution in [0, 0.1) is 5.82 Å². The highest BCUT2D eigenvalue weighted by Crippen LogP contribution is 2.25. The van der Waals surface area contributed by atoms with E-state index in [0.29, 0.717) is 11.6 Å². The van der Waals surface area contributed by atoms with Gasteiger partial charge in [0.05, 0.1) is 6.04 Å². The van der Waals surface area contributed by atoms with E-state index in [2.05, 4.69) is 5.32 Å². The molecule has 1 aliphatic carbocycles. The molecule has 1 atom stereocenters. The molecule has 0 heterocycles. The first kappa shape index (κ1) is 9.59. The molecule has 0 aliphatic heterocycles. The van der Waals surface area contributed by atoms with Gasteiger partial charge in [-0.2, -0.15) is 0 Å². The van der Waals surface area contributed by atoms with Crippen molar-refractivity contribution in [2.24, 2.45) is 0 Å². The number of rotatable bonds is 4. The molecule has 3 heteroatoms. The van der Waals surface area contributed by atoms with Crippen LogP contribution in [0.1, 0.15) is 24.4 Å². The molecule has 76 valence electrons. The second-order valence-corrected chi connectivity index (χ2v) is 3.67. The van der Waals surface area contributed by atoms with Gasteiger partial charge in [0.1, 0.15) is 12.5 Å². The zero-order valence-corrected chi connectivity index (χ0v) is 7.84. The van der Waals surface area contributed by atoms with Gasteiger partial charge in [-0.15, -0.1) is 0 Å². The molecule has 1 N–H and O–H groups in total. The molecule has 0 saturated heterocycles. The largest absolute Gasteiger partial charge is 0.305 e. The molecule has 1 unspecified atom stereocenters. The van der Waals surface area contributed by atoms with Gasteiger partial charge >= 0.3 is 0 Å². The van der Waals surface area contributed by atoms with Crippen LogP contribution in [0.2, 0.25) is 0 Å². The molecular weight excluding hydrogens is 184 g/mol. The molecule has 1 aliphatic rings. The molecule has 0 bridgehead atoms. The van der Waals surface area contributed by atoms with Crippen molar-refractivity contribution in [1.29, 1.82) is 0 Å². The number of alkyl halides is 1. The molecule has 0 radical (unpaired) electrons. The van der Waals surface area contributed by atoms with E-state index in [9.17, 15) is 8.78 Å². The van der Waals surface area contributed by atoms with Crippen LogP contribution in [0.15, 0.2) is 24.3 Å². The number of halogens is 2. The van der Waals surface area contributed by atoms with E-state index in [1.165, 1.54) is 6.07 Å². The number of benzene rings is 1. The summed E-state index contributed by atoms with van der Waals surface area (Å²) in [5.41, 5.74) is 0.432. The minimum absolute atomic E-state index is 0.330. The molecule has 0 aromatic heterocycles. The van der Waals surface area contributed by atoms with Gasteiger partial charge in [0.2, 0.25) is 0 Å². The molecule has 1 aromatic rings. The summed E-state index contributed by atoms with van der Waals surface area (Å²) >= 11 is 0. The lowest BCUT2D eigenvalue weighted by molar-refractivity contribution is 0.371. The number of hydrogen-bond donors (Lipinski definition) is 1. The Balaban J connectivity index is 2.12. The third-order valence-corrected chi connectivity index (χ3v) is 2.45. The fraction of sp³-hybridized carbons (Fsp3) is 0.455. The lowest BCUT2D eigenvalue weighted by atomic mass is 10.1. The average molecular weight is 197 g/mol. The highest BCUT2D eigenvalue weighted by molar-refractivity contribution is 5.21. The Morgan fingerprint density at radius 1 is 1.36 bits per heavy atom. The highest BCUT2D eigenvalue weighted by Gasteiger charge is 2.26. The minimum atomic E-state index is -0.558. The van der Waals surface area contributed by atoms with Gasteiger partial charge in [0.25, 0.3) is 0 Å². The molecular formula is C11H13F2N. The molecule has 0 amide bonds. The van der Waals surface area contributed by atoms with Crippen LogP contribution in [0.3, 0.4) is 0 Å². The average Bonchev–Trinajstić information content (AvgIpc) is 2.99. The van der Waals surface area contributed by atoms with Crippen molar-refractivity contribution in [2.45, 2.75) is 24.9 Å². The van der Waals surface area contributed by atoms with Gasteiger partial charge in [-0.1, -0.05) is 18.2 Å². The lowest BCUT2D eigenvalue weighted by Gasteiger charge is -2.15. The number of hydrogen-bond acceptors (Lipinski definition) is 1. The second-order valence-electron chi connectivity index (χ2n) is 3.67. The minimum Gasteiger partial charge on any atom is -0.305 e. The summed E-state index contributed by atoms with van der Waals surface area (Å²) in [6.45, 7) is -0.558. The summed E-state index contributed by atoms with van der Waals surface area (Å²) < 4.78 is 26.0. The maximum absolute atomic E-state index is 13.3. The Kier molecular flexibility index (Phi) is 2.77. The third-order valence-electron chi connectivity index (χ3n) is 2.45. The monoisotopic (exact) mass is 197 g/mol. The zero-order valence-electron chi connectivity index (χ0n) is 7.84. The van der Waals surface area contributed by atoms with Gasteiger partial charge < -0.3 is 5.32 Å². The van der Waals surface area contributed by atoms with E-state index >= 15 is 0 Å². The highest BCUT2D eigenvalue weighted by atomic mass is 19.1. The summed E-state index contributed by atoms with van der Waals surface area (Å²) in [5, 5.41) is 3.08. The maximum Gasteiger partial charge on any atom is 0.128 e. The van der Waals surface area contributed by atoms with Crippen LogP contribution in [0.25, 0.3) is 0 Å². The van der Waals surface area contributed by atoms with Crippen LogP contribution >= 0.6 is 0 Å². The summed E-state index contributed by atoms with van der Waals surface area (Å²) in [6.07, 6.45) is 2.15. The smallest absolute Gasteiger partial charge is 0.128 e. The van der Waals surface area contributed by atoms with Crippen molar-refractivity contribution in [3.63, 3.8) is 0 Å². The molecule has 0 spiro atoms. The van der Waals surface area contributed by atoms with Gasteiger partial charge in [0.15, 0.2) is 0 Å². The Morgan fingerprint density at radius 2 is 2.07 bits per heavy atom. The number of nitrogens with one attached hydrogen (secondary N) is 1. The van der Waals surface area contributed by atoms with Crippen LogP contribution in [0.5, 0.6) is 0 Å². The molecule has 14 heavy (non-hydrogen) atoms. The van der Waals surface area contributed by atoms with Crippen LogP contribution in [-0.2, 0) is 0 Å². The molecule has 2 rings (SSSR count). The first-order valence-electron chi connectivity index (χ1n) is 4.87. The van der Waals surface area contributed by atoms with Crippen molar-refractivity contribution in [1.82, 2.24) is 5.32 Å². The Bertz CT molecular complexity index is 310. The summed E-state index contributed by atoms with van der Waals surface area (Å²) in [6, 6.07) is 6.25. The molecule has 1 fully saturated rings. The van der Waals surface area contributed by atoms with Gasteiger partial charge in [-0.05, 0) is 18.9 Å². The topological polar surface area (TPSA) is 12.0 Å². The van der Waals surface area contributed by atoms with Crippen molar-refractivity contribution in [3.05, 3.63) is 35.6 Å². The normalized spacial score (nSPS) is 18.1. The van der Waals surface area contributed by atoms with Crippen molar-refractivity contribution in [3.8, 4) is 0 Å². The van der Waals surface area contributed by atoms with E-state index in [1.54, 1.807) is 18.2 Å². The maximum atomic E-state index is 13.3. The second kappa shape index (κ2) is 4.05.